The molecule has 3 aromatic rings. The van der Waals surface area contributed by atoms with Crippen molar-refractivity contribution < 1.29 is 14.3 Å². The largest absolute Gasteiger partial charge is 0.384 e. The molecule has 2 heterocycles. The van der Waals surface area contributed by atoms with E-state index in [1.54, 1.807) is 13.3 Å². The third kappa shape index (κ3) is 4.17. The Morgan fingerprint density at radius 2 is 1.88 bits per heavy atom. The van der Waals surface area contributed by atoms with Crippen LogP contribution < -0.4 is 5.69 Å². The highest BCUT2D eigenvalue weighted by molar-refractivity contribution is 5.54. The molecular weight excluding hydrogens is 434 g/mol. The summed E-state index contributed by atoms with van der Waals surface area (Å²) in [5, 5.41) is 12.4. The van der Waals surface area contributed by atoms with Gasteiger partial charge in [0.15, 0.2) is 5.60 Å². The van der Waals surface area contributed by atoms with Gasteiger partial charge >= 0.3 is 5.69 Å². The van der Waals surface area contributed by atoms with Crippen molar-refractivity contribution in [1.82, 2.24) is 19.8 Å². The second kappa shape index (κ2) is 9.52. The molecule has 1 aliphatic heterocycles. The minimum atomic E-state index is -0.959. The highest BCUT2D eigenvalue weighted by Gasteiger charge is 2.50. The summed E-state index contributed by atoms with van der Waals surface area (Å²) in [7, 11) is 1.59. The Morgan fingerprint density at radius 1 is 1.12 bits per heavy atom. The first kappa shape index (κ1) is 22.5. The molecule has 2 aliphatic rings. The molecule has 34 heavy (non-hydrogen) atoms. The molecule has 0 N–H and O–H groups in total. The maximum atomic E-state index is 13.0. The number of aromatic nitrogens is 4. The van der Waals surface area contributed by atoms with Crippen LogP contribution >= 0.6 is 0 Å². The van der Waals surface area contributed by atoms with Gasteiger partial charge in [0.05, 0.1) is 24.8 Å². The number of hydrogen-bond donors (Lipinski definition) is 0. The molecule has 1 aromatic heterocycles. The third-order valence-corrected chi connectivity index (χ3v) is 6.56. The number of rotatable bonds is 8. The van der Waals surface area contributed by atoms with Gasteiger partial charge < -0.3 is 14.3 Å². The van der Waals surface area contributed by atoms with E-state index in [0.717, 1.165) is 29.5 Å². The van der Waals surface area contributed by atoms with E-state index in [4.69, 9.17) is 14.3 Å². The zero-order chi connectivity index (χ0) is 23.5. The van der Waals surface area contributed by atoms with Gasteiger partial charge in [0.1, 0.15) is 6.79 Å². The molecule has 9 nitrogen and oxygen atoms in total. The lowest BCUT2D eigenvalue weighted by Crippen LogP contribution is -2.47. The number of aryl methyl sites for hydroxylation is 1. The van der Waals surface area contributed by atoms with E-state index < -0.39 is 5.60 Å². The van der Waals surface area contributed by atoms with E-state index in [9.17, 15) is 4.79 Å². The first-order chi connectivity index (χ1) is 16.6. The Balaban J connectivity index is 1.79. The molecule has 2 fully saturated rings. The molecule has 1 atom stereocenters. The molecular formula is C25H29N5O4. The fourth-order valence-corrected chi connectivity index (χ4v) is 4.79. The maximum Gasteiger partial charge on any atom is 0.368 e. The number of oxime groups is 1. The number of nitrogens with zero attached hydrogens (tertiary/aromatic N) is 5. The normalized spacial score (nSPS) is 18.8. The Kier molecular flexibility index (Phi) is 6.30. The second-order valence-electron chi connectivity index (χ2n) is 8.88. The van der Waals surface area contributed by atoms with Gasteiger partial charge in [-0.3, -0.25) is 0 Å². The summed E-state index contributed by atoms with van der Waals surface area (Å²) in [4.78, 5) is 19.4. The minimum Gasteiger partial charge on any atom is -0.384 e. The third-order valence-electron chi connectivity index (χ3n) is 6.56. The van der Waals surface area contributed by atoms with Crippen LogP contribution in [0.5, 0.6) is 0 Å². The van der Waals surface area contributed by atoms with Crippen molar-refractivity contribution in [3.8, 4) is 5.69 Å². The standard InChI is InChI=1S/C25H29N5O4/c1-3-26-34-25(20-15-32-17-33-16-20,14-18-8-5-4-6-9-18)23-21(19-12-13-19)10-7-11-22(23)30-24(31)29(2)27-28-30/h3-11,19-20H,12-17H2,1-2H3. The maximum absolute atomic E-state index is 13.0. The summed E-state index contributed by atoms with van der Waals surface area (Å²) in [6.45, 7) is 2.96. The second-order valence-corrected chi connectivity index (χ2v) is 8.88. The first-order valence-corrected chi connectivity index (χ1v) is 11.6. The molecule has 5 rings (SSSR count). The lowest BCUT2D eigenvalue weighted by atomic mass is 9.74. The first-order valence-electron chi connectivity index (χ1n) is 11.6. The van der Waals surface area contributed by atoms with Gasteiger partial charge in [0, 0.05) is 25.2 Å². The average Bonchev–Trinajstić information content (AvgIpc) is 3.68. The van der Waals surface area contributed by atoms with Crippen molar-refractivity contribution in [3.63, 3.8) is 0 Å². The predicted octanol–water partition coefficient (Wildman–Crippen LogP) is 2.92. The molecule has 0 amide bonds. The van der Waals surface area contributed by atoms with Gasteiger partial charge in [0.2, 0.25) is 0 Å². The molecule has 1 aliphatic carbocycles. The smallest absolute Gasteiger partial charge is 0.368 e. The Labute approximate surface area is 197 Å². The van der Waals surface area contributed by atoms with Gasteiger partial charge in [-0.1, -0.05) is 47.6 Å². The van der Waals surface area contributed by atoms with Crippen molar-refractivity contribution in [2.45, 2.75) is 37.7 Å². The zero-order valence-corrected chi connectivity index (χ0v) is 19.5. The van der Waals surface area contributed by atoms with E-state index in [1.807, 2.05) is 37.3 Å². The summed E-state index contributed by atoms with van der Waals surface area (Å²) < 4.78 is 14.1. The minimum absolute atomic E-state index is 0.170. The summed E-state index contributed by atoms with van der Waals surface area (Å²) in [5.74, 6) is 0.216. The van der Waals surface area contributed by atoms with E-state index in [0.29, 0.717) is 31.2 Å². The molecule has 9 heteroatoms. The topological polar surface area (TPSA) is 92.8 Å². The van der Waals surface area contributed by atoms with Crippen molar-refractivity contribution in [3.05, 3.63) is 75.7 Å². The summed E-state index contributed by atoms with van der Waals surface area (Å²) in [5.41, 5.74) is 2.49. The van der Waals surface area contributed by atoms with Crippen LogP contribution in [0.2, 0.25) is 0 Å². The number of ether oxygens (including phenoxy) is 2. The number of tetrazole rings is 1. The van der Waals surface area contributed by atoms with Gasteiger partial charge in [-0.05, 0) is 53.3 Å². The van der Waals surface area contributed by atoms with E-state index in [2.05, 4.69) is 33.8 Å². The van der Waals surface area contributed by atoms with Crippen LogP contribution in [0.1, 0.15) is 42.4 Å². The van der Waals surface area contributed by atoms with Crippen molar-refractivity contribution in [2.75, 3.05) is 20.0 Å². The zero-order valence-electron chi connectivity index (χ0n) is 19.5. The molecule has 0 radical (unpaired) electrons. The van der Waals surface area contributed by atoms with Crippen LogP contribution in [0.15, 0.2) is 58.5 Å². The van der Waals surface area contributed by atoms with Crippen LogP contribution in [0, 0.1) is 5.92 Å². The SMILES string of the molecule is CC=NOC(Cc1ccccc1)(c1c(C2CC2)cccc1-n1nnn(C)c1=O)C1COCOC1. The Morgan fingerprint density at radius 3 is 2.53 bits per heavy atom. The molecule has 0 bridgehead atoms. The Hall–Kier alpha value is -3.30. The van der Waals surface area contributed by atoms with Crippen molar-refractivity contribution in [2.24, 2.45) is 18.1 Å². The average molecular weight is 464 g/mol. The Bertz CT molecular complexity index is 1210. The molecule has 178 valence electrons. The van der Waals surface area contributed by atoms with Gasteiger partial charge in [-0.2, -0.15) is 9.36 Å². The number of hydrogen-bond acceptors (Lipinski definition) is 7. The molecule has 1 saturated carbocycles. The molecule has 1 saturated heterocycles. The van der Waals surface area contributed by atoms with Gasteiger partial charge in [-0.25, -0.2) is 4.79 Å². The summed E-state index contributed by atoms with van der Waals surface area (Å²) >= 11 is 0. The van der Waals surface area contributed by atoms with E-state index in [1.165, 1.54) is 9.36 Å². The monoisotopic (exact) mass is 463 g/mol. The van der Waals surface area contributed by atoms with Crippen molar-refractivity contribution in [1.29, 1.82) is 0 Å². The van der Waals surface area contributed by atoms with Gasteiger partial charge in [-0.15, -0.1) is 0 Å². The molecule has 2 aromatic carbocycles. The lowest BCUT2D eigenvalue weighted by Gasteiger charge is -2.42. The quantitative estimate of drug-likeness (QED) is 0.377. The lowest BCUT2D eigenvalue weighted by molar-refractivity contribution is -0.196. The van der Waals surface area contributed by atoms with E-state index >= 15 is 0 Å². The summed E-state index contributed by atoms with van der Waals surface area (Å²) in [6.07, 6.45) is 4.33. The van der Waals surface area contributed by atoms with Gasteiger partial charge in [0.25, 0.3) is 0 Å². The van der Waals surface area contributed by atoms with E-state index in [-0.39, 0.29) is 18.4 Å². The highest BCUT2D eigenvalue weighted by atomic mass is 16.7. The fraction of sp³-hybridized carbons (Fsp3) is 0.440. The molecule has 1 unspecified atom stereocenters. The molecule has 0 spiro atoms. The number of benzene rings is 2. The van der Waals surface area contributed by atoms with Crippen LogP contribution in [0.25, 0.3) is 5.69 Å². The van der Waals surface area contributed by atoms with Crippen molar-refractivity contribution >= 4 is 6.21 Å². The van der Waals surface area contributed by atoms with Crippen LogP contribution in [0.3, 0.4) is 0 Å². The summed E-state index contributed by atoms with van der Waals surface area (Å²) in [6, 6.07) is 16.2. The van der Waals surface area contributed by atoms with Crippen LogP contribution in [-0.2, 0) is 33.4 Å². The fourth-order valence-electron chi connectivity index (χ4n) is 4.79. The van der Waals surface area contributed by atoms with Crippen LogP contribution in [0.4, 0.5) is 0 Å². The van der Waals surface area contributed by atoms with Crippen LogP contribution in [-0.4, -0.2) is 46.0 Å². The highest BCUT2D eigenvalue weighted by Crippen LogP contribution is 2.50. The predicted molar refractivity (Wildman–Crippen MR) is 126 cm³/mol.